The maximum Gasteiger partial charge on any atom is 0.243 e. The van der Waals surface area contributed by atoms with Gasteiger partial charge in [-0.15, -0.1) is 0 Å². The molecule has 18 heteroatoms. The van der Waals surface area contributed by atoms with Gasteiger partial charge in [0.2, 0.25) is 29.5 Å². The van der Waals surface area contributed by atoms with Crippen LogP contribution in [0.1, 0.15) is 72.8 Å². The quantitative estimate of drug-likeness (QED) is 0.0309. The number of hydrogen-bond donors (Lipinski definition) is 5. The minimum absolute atomic E-state index is 0.0140. The Bertz CT molecular complexity index is 1540. The van der Waals surface area contributed by atoms with Gasteiger partial charge in [-0.3, -0.25) is 28.9 Å². The number of rotatable bonds is 31. The first-order valence-electron chi connectivity index (χ1n) is 22.0. The minimum atomic E-state index is -1.00. The molecule has 18 nitrogen and oxygen atoms in total. The van der Waals surface area contributed by atoms with Gasteiger partial charge in [-0.05, 0) is 56.9 Å². The number of aryl methyl sites for hydroxylation is 1. The average molecular weight is 876 g/mol. The van der Waals surface area contributed by atoms with Gasteiger partial charge in [0, 0.05) is 20.2 Å². The number of hydrazone groups is 1. The Morgan fingerprint density at radius 3 is 1.89 bits per heavy atom. The van der Waals surface area contributed by atoms with E-state index in [9.17, 15) is 24.0 Å². The molecule has 2 heterocycles. The number of carbonyl (C=O) groups is 5. The summed E-state index contributed by atoms with van der Waals surface area (Å²) in [6, 6.07) is 6.16. The van der Waals surface area contributed by atoms with Gasteiger partial charge in [-0.2, -0.15) is 5.10 Å². The summed E-state index contributed by atoms with van der Waals surface area (Å²) in [5, 5.41) is 16.1. The van der Waals surface area contributed by atoms with Crippen LogP contribution in [-0.2, 0) is 58.8 Å². The summed E-state index contributed by atoms with van der Waals surface area (Å²) in [5.74, 6) is -2.02. The molecule has 0 aliphatic carbocycles. The van der Waals surface area contributed by atoms with Crippen molar-refractivity contribution in [1.82, 2.24) is 31.6 Å². The maximum atomic E-state index is 13.9. The molecular weight excluding hydrogens is 803 g/mol. The number of nitrogens with zero attached hydrogens (tertiary/aromatic N) is 2. The molecule has 0 spiro atoms. The molecule has 62 heavy (non-hydrogen) atoms. The lowest BCUT2D eigenvalue weighted by Gasteiger charge is -2.28. The highest BCUT2D eigenvalue weighted by Gasteiger charge is 2.48. The summed E-state index contributed by atoms with van der Waals surface area (Å²) >= 11 is 0. The monoisotopic (exact) mass is 876 g/mol. The van der Waals surface area contributed by atoms with Gasteiger partial charge < -0.3 is 49.7 Å². The van der Waals surface area contributed by atoms with Crippen LogP contribution in [0.25, 0.3) is 0 Å². The molecule has 3 rings (SSSR count). The van der Waals surface area contributed by atoms with E-state index in [0.717, 1.165) is 5.56 Å². The Balaban J connectivity index is 1.60. The lowest BCUT2D eigenvalue weighted by atomic mass is 9.92. The van der Waals surface area contributed by atoms with Crippen LogP contribution in [0.4, 0.5) is 0 Å². The third-order valence-electron chi connectivity index (χ3n) is 10.2. The molecule has 1 aromatic rings. The molecule has 2 aliphatic rings. The van der Waals surface area contributed by atoms with E-state index in [2.05, 4.69) is 31.8 Å². The summed E-state index contributed by atoms with van der Waals surface area (Å²) in [6.45, 7) is 16.8. The van der Waals surface area contributed by atoms with Crippen molar-refractivity contribution in [3.63, 3.8) is 0 Å². The van der Waals surface area contributed by atoms with Gasteiger partial charge in [0.25, 0.3) is 0 Å². The topological polar surface area (TPSA) is 220 Å². The Hall–Kier alpha value is -4.04. The smallest absolute Gasteiger partial charge is 0.243 e. The third kappa shape index (κ3) is 20.9. The van der Waals surface area contributed by atoms with Gasteiger partial charge >= 0.3 is 0 Å². The molecule has 0 radical (unpaired) electrons. The lowest BCUT2D eigenvalue weighted by Crippen LogP contribution is -2.58. The van der Waals surface area contributed by atoms with Crippen LogP contribution in [0.2, 0.25) is 0 Å². The number of ether oxygens (including phenoxy) is 6. The Labute approximate surface area is 367 Å². The van der Waals surface area contributed by atoms with Crippen LogP contribution in [0, 0.1) is 11.8 Å². The van der Waals surface area contributed by atoms with Crippen molar-refractivity contribution in [2.24, 2.45) is 16.9 Å². The first kappa shape index (κ1) is 52.3. The minimum Gasteiger partial charge on any atom is -0.382 e. The summed E-state index contributed by atoms with van der Waals surface area (Å²) in [7, 11) is 1.61. The zero-order valence-corrected chi connectivity index (χ0v) is 38.0. The molecule has 0 saturated carbocycles. The van der Waals surface area contributed by atoms with Gasteiger partial charge in [0.05, 0.1) is 90.8 Å². The highest BCUT2D eigenvalue weighted by atomic mass is 16.6. The van der Waals surface area contributed by atoms with Gasteiger partial charge in [-0.1, -0.05) is 58.0 Å². The number of methoxy groups -OCH3 is 1. The van der Waals surface area contributed by atoms with Crippen LogP contribution in [0.3, 0.4) is 0 Å². The van der Waals surface area contributed by atoms with Crippen LogP contribution >= 0.6 is 0 Å². The number of hydrogen-bond acceptors (Lipinski definition) is 13. The SMILES string of the molecule is COCCOCCOCCOCCC(=O)N/N=C(/C(CC(C)C)NC(=O)[C@H](C)NC(=O)[C@H](CC(C)C)NC(=O)[C@H](CCc1ccccc1)NC(=O)CN1CCOCC1)[C@@]1(C)CO1. The van der Waals surface area contributed by atoms with Crippen LogP contribution in [-0.4, -0.2) is 163 Å². The fourth-order valence-electron chi connectivity index (χ4n) is 6.64. The maximum absolute atomic E-state index is 13.9. The standard InChI is InChI=1S/C44H73N7O11/c1-31(2)27-36(40(44(6)30-62-44)50-49-38(52)15-18-58-23-24-61-26-25-60-22-21-57-7)47-41(54)33(5)45-43(56)37(28-32(3)4)48-42(55)35(14-13-34-11-9-8-10-12-34)46-39(53)29-51-16-19-59-20-17-51/h8-12,31-33,35-37H,13-30H2,1-7H3,(H,45,56)(H,46,53)(H,47,54)(H,48,55)(H,49,52)/b50-40-/t33-,35-,36?,37-,44+/m0/s1. The number of benzene rings is 1. The van der Waals surface area contributed by atoms with Crippen molar-refractivity contribution in [3.8, 4) is 0 Å². The first-order chi connectivity index (χ1) is 29.7. The number of nitrogens with one attached hydrogen (secondary N) is 5. The largest absolute Gasteiger partial charge is 0.382 e. The van der Waals surface area contributed by atoms with E-state index in [4.69, 9.17) is 28.4 Å². The number of amides is 5. The fourth-order valence-corrected chi connectivity index (χ4v) is 6.64. The predicted molar refractivity (Wildman–Crippen MR) is 233 cm³/mol. The second-order valence-corrected chi connectivity index (χ2v) is 16.8. The second kappa shape index (κ2) is 28.6. The van der Waals surface area contributed by atoms with Crippen molar-refractivity contribution in [2.75, 3.05) is 92.8 Å². The highest BCUT2D eigenvalue weighted by Crippen LogP contribution is 2.31. The van der Waals surface area contributed by atoms with E-state index in [1.165, 1.54) is 0 Å². The van der Waals surface area contributed by atoms with Crippen molar-refractivity contribution in [3.05, 3.63) is 35.9 Å². The first-order valence-corrected chi connectivity index (χ1v) is 22.0. The molecule has 0 bridgehead atoms. The molecule has 2 aliphatic heterocycles. The van der Waals surface area contributed by atoms with Crippen LogP contribution < -0.4 is 26.7 Å². The lowest BCUT2D eigenvalue weighted by molar-refractivity contribution is -0.134. The van der Waals surface area contributed by atoms with Crippen LogP contribution in [0.15, 0.2) is 35.4 Å². The summed E-state index contributed by atoms with van der Waals surface area (Å²) < 4.78 is 32.4. The van der Waals surface area contributed by atoms with E-state index < -0.39 is 47.5 Å². The molecule has 350 valence electrons. The predicted octanol–water partition coefficient (Wildman–Crippen LogP) is 1.35. The van der Waals surface area contributed by atoms with Gasteiger partial charge in [-0.25, -0.2) is 5.43 Å². The highest BCUT2D eigenvalue weighted by molar-refractivity contribution is 6.02. The van der Waals surface area contributed by atoms with Gasteiger partial charge in [0.15, 0.2) is 0 Å². The third-order valence-corrected chi connectivity index (χ3v) is 10.2. The number of carbonyl (C=O) groups excluding carboxylic acids is 5. The molecule has 1 unspecified atom stereocenters. The number of epoxide rings is 1. The van der Waals surface area contributed by atoms with Crippen molar-refractivity contribution in [2.45, 2.75) is 103 Å². The zero-order chi connectivity index (χ0) is 45.3. The second-order valence-electron chi connectivity index (χ2n) is 16.8. The summed E-state index contributed by atoms with van der Waals surface area (Å²) in [5.41, 5.74) is 3.27. The molecule has 2 fully saturated rings. The van der Waals surface area contributed by atoms with E-state index >= 15 is 0 Å². The molecule has 0 aromatic heterocycles. The number of morpholine rings is 1. The average Bonchev–Trinajstić information content (AvgIpc) is 3.98. The molecule has 1 aromatic carbocycles. The Kier molecular flexibility index (Phi) is 24.1. The zero-order valence-electron chi connectivity index (χ0n) is 38.0. The van der Waals surface area contributed by atoms with Gasteiger partial charge in [0.1, 0.15) is 23.7 Å². The molecule has 5 amide bonds. The van der Waals surface area contributed by atoms with E-state index in [0.29, 0.717) is 104 Å². The molecule has 5 N–H and O–H groups in total. The van der Waals surface area contributed by atoms with E-state index in [1.54, 1.807) is 14.0 Å². The summed E-state index contributed by atoms with van der Waals surface area (Å²) in [4.78, 5) is 69.4. The summed E-state index contributed by atoms with van der Waals surface area (Å²) in [6.07, 6.45) is 1.68. The molecule has 5 atom stereocenters. The Morgan fingerprint density at radius 2 is 1.29 bits per heavy atom. The van der Waals surface area contributed by atoms with E-state index in [1.807, 2.05) is 69.9 Å². The molecular formula is C44H73N7O11. The van der Waals surface area contributed by atoms with Crippen LogP contribution in [0.5, 0.6) is 0 Å². The Morgan fingerprint density at radius 1 is 0.726 bits per heavy atom. The normalized spacial score (nSPS) is 18.7. The molecule has 2 saturated heterocycles. The van der Waals surface area contributed by atoms with Crippen molar-refractivity contribution in [1.29, 1.82) is 0 Å². The fraction of sp³-hybridized carbons (Fsp3) is 0.727. The van der Waals surface area contributed by atoms with Crippen molar-refractivity contribution < 1.29 is 52.4 Å². The van der Waals surface area contributed by atoms with E-state index in [-0.39, 0.29) is 43.2 Å². The van der Waals surface area contributed by atoms with Crippen molar-refractivity contribution >= 4 is 35.2 Å².